The van der Waals surface area contributed by atoms with Gasteiger partial charge in [-0.15, -0.1) is 0 Å². The quantitative estimate of drug-likeness (QED) is 0.238. The fraction of sp³-hybridized carbons (Fsp3) is 0.917. The largest absolute Gasteiger partial charge is 0.479 e. The van der Waals surface area contributed by atoms with Gasteiger partial charge in [0.05, 0.1) is 6.61 Å². The molecule has 2 aliphatic rings. The highest BCUT2D eigenvalue weighted by Crippen LogP contribution is 2.28. The fourth-order valence-corrected chi connectivity index (χ4v) is 2.54. The molecule has 0 spiro atoms. The third-order valence-electron chi connectivity index (χ3n) is 3.95. The number of carboxylic acid groups (broad SMARTS) is 1. The average Bonchev–Trinajstić information content (AvgIpc) is 2.54. The molecule has 2 saturated heterocycles. The van der Waals surface area contributed by atoms with Gasteiger partial charge in [0.1, 0.15) is 42.7 Å². The molecular formula is C12H20O12. The van der Waals surface area contributed by atoms with Crippen molar-refractivity contribution < 1.29 is 59.9 Å². The van der Waals surface area contributed by atoms with E-state index < -0.39 is 74.0 Å². The van der Waals surface area contributed by atoms with Crippen molar-refractivity contribution in [3.05, 3.63) is 0 Å². The van der Waals surface area contributed by atoms with Crippen LogP contribution < -0.4 is 0 Å². The van der Waals surface area contributed by atoms with Crippen molar-refractivity contribution in [2.45, 2.75) is 61.4 Å². The molecule has 0 amide bonds. The van der Waals surface area contributed by atoms with Crippen LogP contribution in [0, 0.1) is 0 Å². The molecule has 2 fully saturated rings. The minimum Gasteiger partial charge on any atom is -0.479 e. The summed E-state index contributed by atoms with van der Waals surface area (Å²) in [6, 6.07) is 0. The van der Waals surface area contributed by atoms with E-state index in [-0.39, 0.29) is 0 Å². The molecule has 2 heterocycles. The van der Waals surface area contributed by atoms with E-state index in [0.29, 0.717) is 0 Å². The molecule has 24 heavy (non-hydrogen) atoms. The standard InChI is InChI=1S/C12H20O12/c13-1-2-3(14)5(16)9(11(21)22-2)24-12-7(18)4(15)6(17)8(23-12)10(19)20/h2-9,11-18,21H,1H2,(H,19,20)/t2-,3-,4+,5+,6+,7-,8+,9+,11-,12+/m1/s1. The van der Waals surface area contributed by atoms with Gasteiger partial charge in [-0.1, -0.05) is 0 Å². The number of carboxylic acids is 1. The van der Waals surface area contributed by atoms with E-state index in [1.807, 2.05) is 0 Å². The third kappa shape index (κ3) is 3.52. The Morgan fingerprint density at radius 3 is 2.04 bits per heavy atom. The first-order valence-corrected chi connectivity index (χ1v) is 7.07. The van der Waals surface area contributed by atoms with Crippen LogP contribution in [-0.4, -0.2) is 115 Å². The lowest BCUT2D eigenvalue weighted by molar-refractivity contribution is -0.357. The van der Waals surface area contributed by atoms with E-state index in [9.17, 15) is 35.4 Å². The van der Waals surface area contributed by atoms with Crippen LogP contribution in [-0.2, 0) is 19.0 Å². The summed E-state index contributed by atoms with van der Waals surface area (Å²) >= 11 is 0. The van der Waals surface area contributed by atoms with Crippen LogP contribution in [0.5, 0.6) is 0 Å². The highest BCUT2D eigenvalue weighted by Gasteiger charge is 2.51. The first-order valence-electron chi connectivity index (χ1n) is 7.07. The molecule has 0 aliphatic carbocycles. The van der Waals surface area contributed by atoms with Gasteiger partial charge in [0, 0.05) is 0 Å². The maximum absolute atomic E-state index is 11.0. The lowest BCUT2D eigenvalue weighted by Gasteiger charge is -2.44. The number of carbonyl (C=O) groups is 1. The monoisotopic (exact) mass is 356 g/mol. The molecule has 10 atom stereocenters. The van der Waals surface area contributed by atoms with Gasteiger partial charge in [0.2, 0.25) is 0 Å². The van der Waals surface area contributed by atoms with Gasteiger partial charge in [0.15, 0.2) is 18.7 Å². The van der Waals surface area contributed by atoms with E-state index in [0.717, 1.165) is 0 Å². The number of aliphatic hydroxyl groups excluding tert-OH is 7. The van der Waals surface area contributed by atoms with E-state index in [4.69, 9.17) is 24.4 Å². The van der Waals surface area contributed by atoms with E-state index in [1.54, 1.807) is 0 Å². The lowest BCUT2D eigenvalue weighted by atomic mass is 9.97. The Bertz CT molecular complexity index is 446. The molecule has 8 N–H and O–H groups in total. The Labute approximate surface area is 135 Å². The summed E-state index contributed by atoms with van der Waals surface area (Å²) in [6.45, 7) is -0.698. The van der Waals surface area contributed by atoms with Gasteiger partial charge in [-0.25, -0.2) is 4.79 Å². The summed E-state index contributed by atoms with van der Waals surface area (Å²) in [5.74, 6) is -1.64. The molecule has 0 aromatic rings. The number of aliphatic hydroxyl groups is 7. The zero-order valence-electron chi connectivity index (χ0n) is 12.2. The average molecular weight is 356 g/mol. The van der Waals surface area contributed by atoms with Crippen LogP contribution in [0.4, 0.5) is 0 Å². The highest BCUT2D eigenvalue weighted by molar-refractivity contribution is 5.73. The molecule has 12 heteroatoms. The van der Waals surface area contributed by atoms with Gasteiger partial charge in [0.25, 0.3) is 0 Å². The van der Waals surface area contributed by atoms with Gasteiger partial charge in [-0.3, -0.25) is 0 Å². The summed E-state index contributed by atoms with van der Waals surface area (Å²) in [4.78, 5) is 11.0. The normalized spacial score (nSPS) is 49.8. The predicted molar refractivity (Wildman–Crippen MR) is 69.2 cm³/mol. The van der Waals surface area contributed by atoms with Crippen molar-refractivity contribution in [2.24, 2.45) is 0 Å². The zero-order valence-corrected chi connectivity index (χ0v) is 12.2. The van der Waals surface area contributed by atoms with Crippen molar-refractivity contribution in [1.82, 2.24) is 0 Å². The lowest BCUT2D eigenvalue weighted by Crippen LogP contribution is -2.64. The molecule has 12 nitrogen and oxygen atoms in total. The minimum absolute atomic E-state index is 0.698. The Morgan fingerprint density at radius 1 is 0.875 bits per heavy atom. The zero-order chi connectivity index (χ0) is 18.2. The first-order chi connectivity index (χ1) is 11.2. The highest BCUT2D eigenvalue weighted by atomic mass is 16.7. The Balaban J connectivity index is 2.12. The molecule has 0 radical (unpaired) electrons. The summed E-state index contributed by atoms with van der Waals surface area (Å²) in [6.07, 6.45) is -17.8. The number of hydrogen-bond acceptors (Lipinski definition) is 11. The van der Waals surface area contributed by atoms with E-state index >= 15 is 0 Å². The molecule has 2 aliphatic heterocycles. The van der Waals surface area contributed by atoms with Crippen LogP contribution in [0.15, 0.2) is 0 Å². The second-order valence-electron chi connectivity index (χ2n) is 5.56. The van der Waals surface area contributed by atoms with Crippen molar-refractivity contribution in [3.8, 4) is 0 Å². The molecule has 0 aromatic carbocycles. The SMILES string of the molecule is O=C(O)[C@H]1O[C@@H](O[C@H]2[C@@H](O)[C@H](O)[C@@H](CO)O[C@H]2O)[C@H](O)[C@@H](O)[C@@H]1O. The van der Waals surface area contributed by atoms with Crippen LogP contribution in [0.3, 0.4) is 0 Å². The molecule has 0 bridgehead atoms. The smallest absolute Gasteiger partial charge is 0.335 e. The molecular weight excluding hydrogens is 336 g/mol. The molecule has 0 saturated carbocycles. The number of aliphatic carboxylic acids is 1. The second kappa shape index (κ2) is 7.53. The maximum Gasteiger partial charge on any atom is 0.335 e. The summed E-state index contributed by atoms with van der Waals surface area (Å²) in [5, 5.41) is 76.4. The summed E-state index contributed by atoms with van der Waals surface area (Å²) < 4.78 is 14.7. The molecule has 2 rings (SSSR count). The minimum atomic E-state index is -1.93. The van der Waals surface area contributed by atoms with Gasteiger partial charge in [-0.2, -0.15) is 0 Å². The Kier molecular flexibility index (Phi) is 6.09. The van der Waals surface area contributed by atoms with Crippen LogP contribution >= 0.6 is 0 Å². The van der Waals surface area contributed by atoms with E-state index in [2.05, 4.69) is 0 Å². The van der Waals surface area contributed by atoms with Crippen molar-refractivity contribution in [3.63, 3.8) is 0 Å². The summed E-state index contributed by atoms with van der Waals surface area (Å²) in [5.41, 5.74) is 0. The van der Waals surface area contributed by atoms with Gasteiger partial charge < -0.3 is 55.1 Å². The van der Waals surface area contributed by atoms with E-state index in [1.165, 1.54) is 0 Å². The van der Waals surface area contributed by atoms with Crippen LogP contribution in [0.2, 0.25) is 0 Å². The maximum atomic E-state index is 11.0. The van der Waals surface area contributed by atoms with Crippen molar-refractivity contribution >= 4 is 5.97 Å². The fourth-order valence-electron chi connectivity index (χ4n) is 2.54. The van der Waals surface area contributed by atoms with Gasteiger partial charge in [-0.05, 0) is 0 Å². The predicted octanol–water partition coefficient (Wildman–Crippen LogP) is -5.30. The first kappa shape index (κ1) is 19.4. The Hall–Kier alpha value is -0.930. The molecule has 0 aromatic heterocycles. The second-order valence-corrected chi connectivity index (χ2v) is 5.56. The Morgan fingerprint density at radius 2 is 1.50 bits per heavy atom. The number of hydrogen-bond donors (Lipinski definition) is 8. The van der Waals surface area contributed by atoms with Crippen LogP contribution in [0.25, 0.3) is 0 Å². The van der Waals surface area contributed by atoms with Crippen molar-refractivity contribution in [2.75, 3.05) is 6.61 Å². The number of rotatable bonds is 4. The molecule has 140 valence electrons. The third-order valence-corrected chi connectivity index (χ3v) is 3.95. The van der Waals surface area contributed by atoms with Crippen molar-refractivity contribution in [1.29, 1.82) is 0 Å². The van der Waals surface area contributed by atoms with Crippen LogP contribution in [0.1, 0.15) is 0 Å². The number of ether oxygens (including phenoxy) is 3. The molecule has 0 unspecified atom stereocenters. The topological polar surface area (TPSA) is 207 Å². The summed E-state index contributed by atoms with van der Waals surface area (Å²) in [7, 11) is 0. The van der Waals surface area contributed by atoms with Gasteiger partial charge >= 0.3 is 5.97 Å².